The van der Waals surface area contributed by atoms with Gasteiger partial charge in [-0.15, -0.1) is 0 Å². The van der Waals surface area contributed by atoms with Crippen LogP contribution in [-0.4, -0.2) is 19.0 Å². The quantitative estimate of drug-likeness (QED) is 0.673. The Hall–Kier alpha value is -2.40. The molecule has 0 aromatic heterocycles. The molecule has 0 atom stereocenters. The lowest BCUT2D eigenvalue weighted by molar-refractivity contribution is -0.118. The van der Waals surface area contributed by atoms with E-state index in [1.54, 1.807) is 12.1 Å². The van der Waals surface area contributed by atoms with Crippen molar-refractivity contribution in [3.8, 4) is 5.75 Å². The third kappa shape index (κ3) is 6.15. The van der Waals surface area contributed by atoms with E-state index in [0.717, 1.165) is 36.4 Å². The summed E-state index contributed by atoms with van der Waals surface area (Å²) < 4.78 is 19.6. The Morgan fingerprint density at radius 2 is 1.81 bits per heavy atom. The molecular formula is C21H27FN2O2. The molecule has 0 fully saturated rings. The second-order valence-electron chi connectivity index (χ2n) is 6.45. The van der Waals surface area contributed by atoms with Crippen molar-refractivity contribution in [2.75, 3.05) is 13.1 Å². The second kappa shape index (κ2) is 9.92. The summed E-state index contributed by atoms with van der Waals surface area (Å²) in [6.45, 7) is 8.03. The van der Waals surface area contributed by atoms with Gasteiger partial charge in [0.05, 0.1) is 0 Å². The molecule has 4 nitrogen and oxygen atoms in total. The molecule has 0 aliphatic carbocycles. The van der Waals surface area contributed by atoms with E-state index in [4.69, 9.17) is 4.74 Å². The molecule has 2 aromatic carbocycles. The van der Waals surface area contributed by atoms with Crippen LogP contribution in [0.15, 0.2) is 36.4 Å². The summed E-state index contributed by atoms with van der Waals surface area (Å²) in [7, 11) is 0. The molecule has 2 rings (SSSR count). The van der Waals surface area contributed by atoms with Crippen LogP contribution < -0.4 is 15.4 Å². The Morgan fingerprint density at radius 3 is 2.46 bits per heavy atom. The van der Waals surface area contributed by atoms with Gasteiger partial charge >= 0.3 is 0 Å². The molecule has 140 valence electrons. The molecule has 5 heteroatoms. The minimum absolute atomic E-state index is 0.00206. The Morgan fingerprint density at radius 1 is 1.12 bits per heavy atom. The van der Waals surface area contributed by atoms with Crippen LogP contribution in [0.3, 0.4) is 0 Å². The van der Waals surface area contributed by atoms with Crippen molar-refractivity contribution >= 4 is 5.91 Å². The SMILES string of the molecule is CC(=O)NCCCNCc1cc(C)c(OCc2ccccc2F)c(C)c1. The Balaban J connectivity index is 1.87. The lowest BCUT2D eigenvalue weighted by Crippen LogP contribution is -2.25. The van der Waals surface area contributed by atoms with Gasteiger partial charge < -0.3 is 15.4 Å². The van der Waals surface area contributed by atoms with E-state index in [2.05, 4.69) is 22.8 Å². The fraction of sp³-hybridized carbons (Fsp3) is 0.381. The molecule has 0 radical (unpaired) electrons. The monoisotopic (exact) mass is 358 g/mol. The minimum atomic E-state index is -0.247. The number of nitrogens with one attached hydrogen (secondary N) is 2. The second-order valence-corrected chi connectivity index (χ2v) is 6.45. The molecule has 0 saturated heterocycles. The van der Waals surface area contributed by atoms with Gasteiger partial charge in [0.1, 0.15) is 18.2 Å². The molecule has 26 heavy (non-hydrogen) atoms. The topological polar surface area (TPSA) is 50.4 Å². The van der Waals surface area contributed by atoms with Gasteiger partial charge in [0, 0.05) is 25.6 Å². The zero-order valence-corrected chi connectivity index (χ0v) is 15.7. The fourth-order valence-corrected chi connectivity index (χ4v) is 2.85. The van der Waals surface area contributed by atoms with Crippen LogP contribution in [0.4, 0.5) is 4.39 Å². The zero-order chi connectivity index (χ0) is 18.9. The molecular weight excluding hydrogens is 331 g/mol. The summed E-state index contributed by atoms with van der Waals surface area (Å²) >= 11 is 0. The summed E-state index contributed by atoms with van der Waals surface area (Å²) in [4.78, 5) is 10.8. The summed E-state index contributed by atoms with van der Waals surface area (Å²) in [6, 6.07) is 10.8. The average molecular weight is 358 g/mol. The van der Waals surface area contributed by atoms with E-state index in [1.165, 1.54) is 18.6 Å². The van der Waals surface area contributed by atoms with Crippen molar-refractivity contribution in [1.29, 1.82) is 0 Å². The predicted octanol–water partition coefficient (Wildman–Crippen LogP) is 3.64. The molecule has 0 spiro atoms. The lowest BCUT2D eigenvalue weighted by Gasteiger charge is -2.15. The highest BCUT2D eigenvalue weighted by molar-refractivity contribution is 5.72. The zero-order valence-electron chi connectivity index (χ0n) is 15.7. The molecule has 0 heterocycles. The number of carbonyl (C=O) groups excluding carboxylic acids is 1. The smallest absolute Gasteiger partial charge is 0.216 e. The maximum absolute atomic E-state index is 13.7. The summed E-state index contributed by atoms with van der Waals surface area (Å²) in [5, 5.41) is 6.15. The number of amides is 1. The number of benzene rings is 2. The molecule has 0 unspecified atom stereocenters. The highest BCUT2D eigenvalue weighted by Crippen LogP contribution is 2.26. The average Bonchev–Trinajstić information content (AvgIpc) is 2.58. The van der Waals surface area contributed by atoms with Crippen molar-refractivity contribution in [1.82, 2.24) is 10.6 Å². The van der Waals surface area contributed by atoms with Gasteiger partial charge in [-0.25, -0.2) is 4.39 Å². The van der Waals surface area contributed by atoms with E-state index in [0.29, 0.717) is 12.1 Å². The Bertz CT molecular complexity index is 724. The number of hydrogen-bond acceptors (Lipinski definition) is 3. The van der Waals surface area contributed by atoms with Crippen molar-refractivity contribution in [3.05, 3.63) is 64.5 Å². The third-order valence-electron chi connectivity index (χ3n) is 4.08. The molecule has 2 N–H and O–H groups in total. The van der Waals surface area contributed by atoms with Crippen LogP contribution >= 0.6 is 0 Å². The number of aryl methyl sites for hydroxylation is 2. The molecule has 0 aliphatic heterocycles. The first-order valence-corrected chi connectivity index (χ1v) is 8.89. The van der Waals surface area contributed by atoms with Crippen molar-refractivity contribution in [2.24, 2.45) is 0 Å². The van der Waals surface area contributed by atoms with Crippen molar-refractivity contribution in [3.63, 3.8) is 0 Å². The predicted molar refractivity (Wildman–Crippen MR) is 102 cm³/mol. The van der Waals surface area contributed by atoms with Gasteiger partial charge in [-0.3, -0.25) is 4.79 Å². The van der Waals surface area contributed by atoms with Gasteiger partial charge in [-0.05, 0) is 49.6 Å². The lowest BCUT2D eigenvalue weighted by atomic mass is 10.1. The van der Waals surface area contributed by atoms with E-state index >= 15 is 0 Å². The van der Waals surface area contributed by atoms with Crippen LogP contribution in [0.1, 0.15) is 35.6 Å². The van der Waals surface area contributed by atoms with Crippen LogP contribution in [-0.2, 0) is 17.9 Å². The van der Waals surface area contributed by atoms with E-state index in [-0.39, 0.29) is 18.3 Å². The Labute approximate surface area is 154 Å². The Kier molecular flexibility index (Phi) is 7.60. The third-order valence-corrected chi connectivity index (χ3v) is 4.08. The first-order chi connectivity index (χ1) is 12.5. The van der Waals surface area contributed by atoms with Gasteiger partial charge in [0.15, 0.2) is 0 Å². The van der Waals surface area contributed by atoms with Crippen LogP contribution in [0, 0.1) is 19.7 Å². The maximum Gasteiger partial charge on any atom is 0.216 e. The van der Waals surface area contributed by atoms with Crippen molar-refractivity contribution < 1.29 is 13.9 Å². The molecule has 1 amide bonds. The van der Waals surface area contributed by atoms with Gasteiger partial charge in [0.25, 0.3) is 0 Å². The summed E-state index contributed by atoms with van der Waals surface area (Å²) in [6.07, 6.45) is 0.890. The normalized spacial score (nSPS) is 10.6. The molecule has 2 aromatic rings. The van der Waals surface area contributed by atoms with Crippen LogP contribution in [0.25, 0.3) is 0 Å². The largest absolute Gasteiger partial charge is 0.488 e. The van der Waals surface area contributed by atoms with Gasteiger partial charge in [0.2, 0.25) is 5.91 Å². The van der Waals surface area contributed by atoms with Crippen molar-refractivity contribution in [2.45, 2.75) is 40.3 Å². The van der Waals surface area contributed by atoms with Gasteiger partial charge in [-0.2, -0.15) is 0 Å². The summed E-state index contributed by atoms with van der Waals surface area (Å²) in [5.41, 5.74) is 3.81. The van der Waals surface area contributed by atoms with Crippen LogP contribution in [0.2, 0.25) is 0 Å². The maximum atomic E-state index is 13.7. The van der Waals surface area contributed by atoms with Crippen LogP contribution in [0.5, 0.6) is 5.75 Å². The number of halogens is 1. The fourth-order valence-electron chi connectivity index (χ4n) is 2.85. The number of ether oxygens (including phenoxy) is 1. The molecule has 0 bridgehead atoms. The van der Waals surface area contributed by atoms with Gasteiger partial charge in [-0.1, -0.05) is 30.3 Å². The highest BCUT2D eigenvalue weighted by atomic mass is 19.1. The number of hydrogen-bond donors (Lipinski definition) is 2. The number of rotatable bonds is 9. The number of carbonyl (C=O) groups is 1. The summed E-state index contributed by atoms with van der Waals surface area (Å²) in [5.74, 6) is 0.563. The molecule has 0 saturated carbocycles. The first-order valence-electron chi connectivity index (χ1n) is 8.89. The highest BCUT2D eigenvalue weighted by Gasteiger charge is 2.08. The standard InChI is InChI=1S/C21H27FN2O2/c1-15-11-18(13-23-9-6-10-24-17(3)25)12-16(2)21(15)26-14-19-7-4-5-8-20(19)22/h4-5,7-8,11-12,23H,6,9-10,13-14H2,1-3H3,(H,24,25). The van der Waals surface area contributed by atoms with E-state index in [1.807, 2.05) is 19.9 Å². The van der Waals surface area contributed by atoms with E-state index in [9.17, 15) is 9.18 Å². The minimum Gasteiger partial charge on any atom is -0.488 e. The molecule has 0 aliphatic rings. The first kappa shape index (κ1) is 19.9. The van der Waals surface area contributed by atoms with E-state index < -0.39 is 0 Å².